The van der Waals surface area contributed by atoms with Crippen molar-refractivity contribution in [3.8, 4) is 22.5 Å². The molecule has 0 saturated heterocycles. The van der Waals surface area contributed by atoms with Gasteiger partial charge in [0.1, 0.15) is 11.5 Å². The summed E-state index contributed by atoms with van der Waals surface area (Å²) in [5.74, 6) is 1.99. The lowest BCUT2D eigenvalue weighted by Gasteiger charge is -1.98. The predicted molar refractivity (Wildman–Crippen MR) is 79.0 cm³/mol. The quantitative estimate of drug-likeness (QED) is 0.622. The van der Waals surface area contributed by atoms with Gasteiger partial charge in [0.05, 0.1) is 0 Å². The van der Waals surface area contributed by atoms with E-state index in [1.807, 2.05) is 24.3 Å². The first-order valence-corrected chi connectivity index (χ1v) is 6.62. The van der Waals surface area contributed by atoms with Gasteiger partial charge in [0.15, 0.2) is 0 Å². The van der Waals surface area contributed by atoms with Gasteiger partial charge in [-0.15, -0.1) is 0 Å². The number of rotatable bonds is 3. The highest BCUT2D eigenvalue weighted by atomic mass is 16.3. The van der Waals surface area contributed by atoms with E-state index in [0.29, 0.717) is 0 Å². The molecule has 0 aliphatic heterocycles. The molecule has 0 aliphatic carbocycles. The van der Waals surface area contributed by atoms with Crippen LogP contribution in [0.1, 0.15) is 12.7 Å². The maximum Gasteiger partial charge on any atom is 0.134 e. The Kier molecular flexibility index (Phi) is 3.20. The number of hydrogen-bond donors (Lipinski definition) is 0. The minimum Gasteiger partial charge on any atom is -0.460 e. The monoisotopic (exact) mass is 248 g/mol. The Labute approximate surface area is 113 Å². The van der Waals surface area contributed by atoms with Crippen LogP contribution in [0.5, 0.6) is 0 Å². The molecule has 0 fully saturated rings. The summed E-state index contributed by atoms with van der Waals surface area (Å²) < 4.78 is 6.00. The van der Waals surface area contributed by atoms with Crippen molar-refractivity contribution in [1.29, 1.82) is 0 Å². The molecule has 3 aromatic rings. The molecule has 1 heteroatoms. The van der Waals surface area contributed by atoms with Crippen LogP contribution in [0, 0.1) is 0 Å². The largest absolute Gasteiger partial charge is 0.460 e. The van der Waals surface area contributed by atoms with Crippen LogP contribution in [0.15, 0.2) is 71.1 Å². The van der Waals surface area contributed by atoms with Gasteiger partial charge in [0, 0.05) is 17.5 Å². The molecule has 0 N–H and O–H groups in total. The zero-order valence-corrected chi connectivity index (χ0v) is 11.0. The molecule has 3 rings (SSSR count). The molecule has 1 nitrogen and oxygen atoms in total. The van der Waals surface area contributed by atoms with Crippen LogP contribution in [0.3, 0.4) is 0 Å². The summed E-state index contributed by atoms with van der Waals surface area (Å²) in [6.07, 6.45) is 0.900. The van der Waals surface area contributed by atoms with Gasteiger partial charge in [0.2, 0.25) is 0 Å². The Morgan fingerprint density at radius 2 is 1.37 bits per heavy atom. The molecule has 0 bridgehead atoms. The smallest absolute Gasteiger partial charge is 0.134 e. The van der Waals surface area contributed by atoms with Crippen molar-refractivity contribution >= 4 is 0 Å². The van der Waals surface area contributed by atoms with E-state index < -0.39 is 0 Å². The molecule has 1 heterocycles. The molecule has 94 valence electrons. The van der Waals surface area contributed by atoms with Crippen LogP contribution in [-0.4, -0.2) is 0 Å². The van der Waals surface area contributed by atoms with Gasteiger partial charge in [-0.05, 0) is 11.6 Å². The molecule has 1 aromatic heterocycles. The summed E-state index contributed by atoms with van der Waals surface area (Å²) in [6.45, 7) is 2.13. The van der Waals surface area contributed by atoms with Crippen LogP contribution in [0.25, 0.3) is 22.5 Å². The fraction of sp³-hybridized carbons (Fsp3) is 0.111. The topological polar surface area (TPSA) is 13.1 Å². The van der Waals surface area contributed by atoms with Crippen molar-refractivity contribution in [3.63, 3.8) is 0 Å². The fourth-order valence-corrected chi connectivity index (χ4v) is 2.30. The van der Waals surface area contributed by atoms with Crippen molar-refractivity contribution in [2.75, 3.05) is 0 Å². The maximum absolute atomic E-state index is 6.00. The summed E-state index contributed by atoms with van der Waals surface area (Å²) in [5.41, 5.74) is 3.53. The molecular formula is C18H16O. The van der Waals surface area contributed by atoms with Crippen molar-refractivity contribution in [1.82, 2.24) is 0 Å². The molecular weight excluding hydrogens is 232 g/mol. The molecule has 0 atom stereocenters. The Morgan fingerprint density at radius 1 is 0.789 bits per heavy atom. The van der Waals surface area contributed by atoms with E-state index in [-0.39, 0.29) is 0 Å². The summed E-state index contributed by atoms with van der Waals surface area (Å²) in [5, 5.41) is 0. The summed E-state index contributed by atoms with van der Waals surface area (Å²) in [6, 6.07) is 22.8. The summed E-state index contributed by atoms with van der Waals surface area (Å²) >= 11 is 0. The van der Waals surface area contributed by atoms with Gasteiger partial charge in [-0.3, -0.25) is 0 Å². The maximum atomic E-state index is 6.00. The average molecular weight is 248 g/mol. The van der Waals surface area contributed by atoms with Crippen LogP contribution in [0.4, 0.5) is 0 Å². The third-order valence-corrected chi connectivity index (χ3v) is 3.27. The van der Waals surface area contributed by atoms with Gasteiger partial charge in [-0.25, -0.2) is 0 Å². The number of benzene rings is 2. The van der Waals surface area contributed by atoms with Gasteiger partial charge < -0.3 is 4.42 Å². The van der Waals surface area contributed by atoms with E-state index in [0.717, 1.165) is 23.5 Å². The highest BCUT2D eigenvalue weighted by Gasteiger charge is 2.12. The second-order valence-electron chi connectivity index (χ2n) is 4.53. The van der Waals surface area contributed by atoms with E-state index in [9.17, 15) is 0 Å². The predicted octanol–water partition coefficient (Wildman–Crippen LogP) is 5.18. The number of furan rings is 1. The first kappa shape index (κ1) is 11.8. The molecule has 19 heavy (non-hydrogen) atoms. The van der Waals surface area contributed by atoms with Crippen LogP contribution in [0.2, 0.25) is 0 Å². The average Bonchev–Trinajstić information content (AvgIpc) is 2.93. The third-order valence-electron chi connectivity index (χ3n) is 3.27. The Bertz CT molecular complexity index is 651. The Balaban J connectivity index is 2.09. The normalized spacial score (nSPS) is 10.6. The molecule has 0 radical (unpaired) electrons. The molecule has 0 saturated carbocycles. The minimum atomic E-state index is 0.900. The lowest BCUT2D eigenvalue weighted by atomic mass is 10.0. The van der Waals surface area contributed by atoms with Crippen LogP contribution >= 0.6 is 0 Å². The second-order valence-corrected chi connectivity index (χ2v) is 4.53. The van der Waals surface area contributed by atoms with Gasteiger partial charge in [-0.2, -0.15) is 0 Å². The van der Waals surface area contributed by atoms with Crippen LogP contribution < -0.4 is 0 Å². The van der Waals surface area contributed by atoms with Crippen molar-refractivity contribution < 1.29 is 4.42 Å². The lowest BCUT2D eigenvalue weighted by Crippen LogP contribution is -1.80. The fourth-order valence-electron chi connectivity index (χ4n) is 2.30. The molecule has 0 unspecified atom stereocenters. The summed E-state index contributed by atoms with van der Waals surface area (Å²) in [4.78, 5) is 0. The lowest BCUT2D eigenvalue weighted by molar-refractivity contribution is 0.530. The van der Waals surface area contributed by atoms with E-state index in [1.54, 1.807) is 0 Å². The van der Waals surface area contributed by atoms with Crippen molar-refractivity contribution in [2.45, 2.75) is 13.3 Å². The van der Waals surface area contributed by atoms with Crippen molar-refractivity contribution in [2.24, 2.45) is 0 Å². The minimum absolute atomic E-state index is 0.900. The first-order valence-electron chi connectivity index (χ1n) is 6.62. The SMILES string of the molecule is CCc1oc(-c2ccccc2)cc1-c1ccccc1. The molecule has 0 aliphatic rings. The van der Waals surface area contributed by atoms with E-state index in [2.05, 4.69) is 49.4 Å². The number of aryl methyl sites for hydroxylation is 1. The Morgan fingerprint density at radius 3 is 1.95 bits per heavy atom. The first-order chi connectivity index (χ1) is 9.38. The van der Waals surface area contributed by atoms with Gasteiger partial charge in [-0.1, -0.05) is 67.6 Å². The number of hydrogen-bond acceptors (Lipinski definition) is 1. The van der Waals surface area contributed by atoms with Crippen molar-refractivity contribution in [3.05, 3.63) is 72.5 Å². The van der Waals surface area contributed by atoms with Gasteiger partial charge in [0.25, 0.3) is 0 Å². The zero-order chi connectivity index (χ0) is 13.1. The second kappa shape index (κ2) is 5.15. The molecule has 0 amide bonds. The van der Waals surface area contributed by atoms with Crippen LogP contribution in [-0.2, 0) is 6.42 Å². The third kappa shape index (κ3) is 2.32. The standard InChI is InChI=1S/C18H16O/c1-2-17-16(14-9-5-3-6-10-14)13-18(19-17)15-11-7-4-8-12-15/h3-13H,2H2,1H3. The molecule has 2 aromatic carbocycles. The summed E-state index contributed by atoms with van der Waals surface area (Å²) in [7, 11) is 0. The highest BCUT2D eigenvalue weighted by Crippen LogP contribution is 2.32. The Hall–Kier alpha value is -2.28. The van der Waals surface area contributed by atoms with Gasteiger partial charge >= 0.3 is 0 Å². The zero-order valence-electron chi connectivity index (χ0n) is 11.0. The van der Waals surface area contributed by atoms with E-state index in [1.165, 1.54) is 11.1 Å². The van der Waals surface area contributed by atoms with E-state index in [4.69, 9.17) is 4.42 Å². The highest BCUT2D eigenvalue weighted by molar-refractivity contribution is 5.72. The van der Waals surface area contributed by atoms with E-state index >= 15 is 0 Å². The molecule has 0 spiro atoms.